The van der Waals surface area contributed by atoms with E-state index in [0.717, 1.165) is 11.1 Å². The van der Waals surface area contributed by atoms with Gasteiger partial charge >= 0.3 is 0 Å². The van der Waals surface area contributed by atoms with Gasteiger partial charge in [-0.3, -0.25) is 4.79 Å². The number of amides is 1. The first-order valence-electron chi connectivity index (χ1n) is 7.45. The van der Waals surface area contributed by atoms with Crippen LogP contribution in [0.1, 0.15) is 16.7 Å². The molecule has 2 aromatic carbocycles. The third-order valence-electron chi connectivity index (χ3n) is 3.90. The van der Waals surface area contributed by atoms with Crippen LogP contribution in [0.25, 0.3) is 0 Å². The van der Waals surface area contributed by atoms with Gasteiger partial charge in [0.2, 0.25) is 15.9 Å². The summed E-state index contributed by atoms with van der Waals surface area (Å²) >= 11 is 0. The van der Waals surface area contributed by atoms with Crippen LogP contribution < -0.4 is 14.8 Å². The summed E-state index contributed by atoms with van der Waals surface area (Å²) in [6.45, 7) is 2.06. The minimum atomic E-state index is -3.68. The molecule has 0 fully saturated rings. The van der Waals surface area contributed by atoms with E-state index in [2.05, 4.69) is 10.0 Å². The molecule has 1 aliphatic heterocycles. The molecular weight excluding hydrogens is 328 g/mol. The van der Waals surface area contributed by atoms with Gasteiger partial charge in [-0.1, -0.05) is 17.7 Å². The molecule has 7 heteroatoms. The molecule has 0 saturated carbocycles. The second-order valence-electron chi connectivity index (χ2n) is 5.68. The highest BCUT2D eigenvalue weighted by Gasteiger charge is 2.22. The molecule has 6 nitrogen and oxygen atoms in total. The normalized spacial score (nSPS) is 13.5. The van der Waals surface area contributed by atoms with Gasteiger partial charge in [-0.2, -0.15) is 0 Å². The van der Waals surface area contributed by atoms with Crippen molar-refractivity contribution in [3.8, 4) is 5.75 Å². The molecular formula is C17H18N2O4S. The molecule has 126 valence electrons. The topological polar surface area (TPSA) is 84.5 Å². The van der Waals surface area contributed by atoms with Gasteiger partial charge in [0.25, 0.3) is 0 Å². The summed E-state index contributed by atoms with van der Waals surface area (Å²) in [5.41, 5.74) is 3.14. The van der Waals surface area contributed by atoms with E-state index in [9.17, 15) is 13.2 Å². The van der Waals surface area contributed by atoms with Crippen molar-refractivity contribution in [2.24, 2.45) is 0 Å². The van der Waals surface area contributed by atoms with Gasteiger partial charge in [-0.15, -0.1) is 0 Å². The van der Waals surface area contributed by atoms with Crippen molar-refractivity contribution in [1.29, 1.82) is 0 Å². The highest BCUT2D eigenvalue weighted by Crippen LogP contribution is 2.26. The molecule has 0 atom stereocenters. The number of hydrogen-bond donors (Lipinski definition) is 2. The monoisotopic (exact) mass is 346 g/mol. The van der Waals surface area contributed by atoms with E-state index in [1.54, 1.807) is 13.2 Å². The Balaban J connectivity index is 1.81. The average molecular weight is 346 g/mol. The number of benzene rings is 2. The van der Waals surface area contributed by atoms with Crippen molar-refractivity contribution >= 4 is 21.6 Å². The fourth-order valence-corrected chi connectivity index (χ4v) is 3.73. The van der Waals surface area contributed by atoms with E-state index in [4.69, 9.17) is 4.74 Å². The average Bonchev–Trinajstić information content (AvgIpc) is 2.92. The second-order valence-corrected chi connectivity index (χ2v) is 7.45. The Morgan fingerprint density at radius 2 is 2.00 bits per heavy atom. The lowest BCUT2D eigenvalue weighted by Crippen LogP contribution is -2.23. The van der Waals surface area contributed by atoms with E-state index in [-0.39, 0.29) is 23.8 Å². The fourth-order valence-electron chi connectivity index (χ4n) is 2.67. The number of ether oxygens (including phenoxy) is 1. The summed E-state index contributed by atoms with van der Waals surface area (Å²) < 4.78 is 32.9. The molecule has 0 aromatic heterocycles. The first-order chi connectivity index (χ1) is 11.4. The molecule has 2 aromatic rings. The van der Waals surface area contributed by atoms with Crippen molar-refractivity contribution in [1.82, 2.24) is 4.72 Å². The molecule has 1 heterocycles. The van der Waals surface area contributed by atoms with Crippen molar-refractivity contribution in [3.05, 3.63) is 53.1 Å². The molecule has 24 heavy (non-hydrogen) atoms. The predicted molar refractivity (Wildman–Crippen MR) is 90.5 cm³/mol. The predicted octanol–water partition coefficient (Wildman–Crippen LogP) is 1.98. The summed E-state index contributed by atoms with van der Waals surface area (Å²) in [6, 6.07) is 10.2. The lowest BCUT2D eigenvalue weighted by molar-refractivity contribution is -0.115. The van der Waals surface area contributed by atoms with Gasteiger partial charge in [0.05, 0.1) is 18.4 Å². The van der Waals surface area contributed by atoms with Crippen LogP contribution in [0.4, 0.5) is 5.69 Å². The number of methoxy groups -OCH3 is 1. The third-order valence-corrected chi connectivity index (χ3v) is 5.30. The number of carbonyl (C=O) groups excluding carboxylic acids is 1. The van der Waals surface area contributed by atoms with Crippen molar-refractivity contribution in [2.45, 2.75) is 24.8 Å². The van der Waals surface area contributed by atoms with Crippen LogP contribution in [0.2, 0.25) is 0 Å². The van der Waals surface area contributed by atoms with Crippen LogP contribution in [0.5, 0.6) is 5.75 Å². The SMILES string of the molecule is COc1ccc(C)cc1CNS(=O)(=O)c1ccc2c(c1)CC(=O)N2. The van der Waals surface area contributed by atoms with Crippen LogP contribution in [-0.4, -0.2) is 21.4 Å². The number of fused-ring (bicyclic) bond motifs is 1. The molecule has 3 rings (SSSR count). The number of sulfonamides is 1. The molecule has 1 amide bonds. The van der Waals surface area contributed by atoms with Crippen LogP contribution in [0.15, 0.2) is 41.3 Å². The van der Waals surface area contributed by atoms with Crippen molar-refractivity contribution in [3.63, 3.8) is 0 Å². The summed E-state index contributed by atoms with van der Waals surface area (Å²) in [5, 5.41) is 2.68. The van der Waals surface area contributed by atoms with E-state index in [1.165, 1.54) is 12.1 Å². The van der Waals surface area contributed by atoms with Crippen LogP contribution in [-0.2, 0) is 27.8 Å². The first-order valence-corrected chi connectivity index (χ1v) is 8.93. The van der Waals surface area contributed by atoms with Crippen LogP contribution in [0, 0.1) is 6.92 Å². The van der Waals surface area contributed by atoms with Gasteiger partial charge < -0.3 is 10.1 Å². The van der Waals surface area contributed by atoms with Crippen LogP contribution in [0.3, 0.4) is 0 Å². The summed E-state index contributed by atoms with van der Waals surface area (Å²) in [7, 11) is -2.13. The van der Waals surface area contributed by atoms with Gasteiger partial charge in [0.15, 0.2) is 0 Å². The molecule has 0 aliphatic carbocycles. The van der Waals surface area contributed by atoms with Gasteiger partial charge in [-0.05, 0) is 36.8 Å². The number of nitrogens with one attached hydrogen (secondary N) is 2. The quantitative estimate of drug-likeness (QED) is 0.867. The Bertz CT molecular complexity index is 907. The Morgan fingerprint density at radius 1 is 1.21 bits per heavy atom. The van der Waals surface area contributed by atoms with Crippen molar-refractivity contribution in [2.75, 3.05) is 12.4 Å². The number of carbonyl (C=O) groups is 1. The van der Waals surface area contributed by atoms with E-state index >= 15 is 0 Å². The van der Waals surface area contributed by atoms with Gasteiger partial charge in [-0.25, -0.2) is 13.1 Å². The summed E-state index contributed by atoms with van der Waals surface area (Å²) in [4.78, 5) is 11.5. The number of rotatable bonds is 5. The Hall–Kier alpha value is -2.38. The highest BCUT2D eigenvalue weighted by molar-refractivity contribution is 7.89. The zero-order valence-corrected chi connectivity index (χ0v) is 14.2. The molecule has 0 spiro atoms. The summed E-state index contributed by atoms with van der Waals surface area (Å²) in [5.74, 6) is 0.504. The second kappa shape index (κ2) is 6.26. The molecule has 1 aliphatic rings. The lowest BCUT2D eigenvalue weighted by Gasteiger charge is -2.12. The smallest absolute Gasteiger partial charge is 0.240 e. The summed E-state index contributed by atoms with van der Waals surface area (Å²) in [6.07, 6.45) is 0.199. The standard InChI is InChI=1S/C17H18N2O4S/c1-11-3-6-16(23-2)13(7-11)10-18-24(21,22)14-4-5-15-12(8-14)9-17(20)19-15/h3-8,18H,9-10H2,1-2H3,(H,19,20). The molecule has 2 N–H and O–H groups in total. The minimum Gasteiger partial charge on any atom is -0.496 e. The highest BCUT2D eigenvalue weighted by atomic mass is 32.2. The Labute approximate surface area is 140 Å². The van der Waals surface area contributed by atoms with Gasteiger partial charge in [0.1, 0.15) is 5.75 Å². The number of aryl methyl sites for hydroxylation is 1. The number of hydrogen-bond acceptors (Lipinski definition) is 4. The van der Waals surface area contributed by atoms with E-state index in [1.807, 2.05) is 25.1 Å². The zero-order valence-electron chi connectivity index (χ0n) is 13.4. The van der Waals surface area contributed by atoms with E-state index < -0.39 is 10.0 Å². The zero-order chi connectivity index (χ0) is 17.3. The third kappa shape index (κ3) is 3.27. The maximum atomic E-state index is 12.5. The first kappa shape index (κ1) is 16.5. The lowest BCUT2D eigenvalue weighted by atomic mass is 10.1. The Morgan fingerprint density at radius 3 is 2.75 bits per heavy atom. The Kier molecular flexibility index (Phi) is 4.29. The molecule has 0 bridgehead atoms. The van der Waals surface area contributed by atoms with Gasteiger partial charge in [0, 0.05) is 17.8 Å². The fraction of sp³-hybridized carbons (Fsp3) is 0.235. The maximum absolute atomic E-state index is 12.5. The largest absolute Gasteiger partial charge is 0.496 e. The number of anilines is 1. The van der Waals surface area contributed by atoms with Crippen LogP contribution >= 0.6 is 0 Å². The van der Waals surface area contributed by atoms with Crippen molar-refractivity contribution < 1.29 is 17.9 Å². The molecule has 0 saturated heterocycles. The van der Waals surface area contributed by atoms with E-state index in [0.29, 0.717) is 17.0 Å². The maximum Gasteiger partial charge on any atom is 0.240 e. The molecule has 0 radical (unpaired) electrons. The molecule has 0 unspecified atom stereocenters. The minimum absolute atomic E-state index is 0.126.